The Morgan fingerprint density at radius 1 is 1.17 bits per heavy atom. The monoisotopic (exact) mass is 238 g/mol. The maximum atomic E-state index is 12.0. The summed E-state index contributed by atoms with van der Waals surface area (Å²) in [6, 6.07) is 13.9. The highest BCUT2D eigenvalue weighted by atomic mass is 16.2. The summed E-state index contributed by atoms with van der Waals surface area (Å²) in [5, 5.41) is 2.90. The predicted molar refractivity (Wildman–Crippen MR) is 70.2 cm³/mol. The number of hydrogen-bond acceptors (Lipinski definition) is 2. The lowest BCUT2D eigenvalue weighted by Gasteiger charge is -2.04. The quantitative estimate of drug-likeness (QED) is 0.893. The summed E-state index contributed by atoms with van der Waals surface area (Å²) in [4.78, 5) is 16.0. The minimum atomic E-state index is 0.0943. The molecule has 2 atom stereocenters. The van der Waals surface area contributed by atoms with Crippen LogP contribution in [0.5, 0.6) is 0 Å². The fourth-order valence-electron chi connectivity index (χ4n) is 2.23. The van der Waals surface area contributed by atoms with Crippen LogP contribution in [0.4, 0.5) is 5.69 Å². The van der Waals surface area contributed by atoms with Gasteiger partial charge in [-0.1, -0.05) is 30.3 Å². The van der Waals surface area contributed by atoms with Crippen molar-refractivity contribution in [3.63, 3.8) is 0 Å². The summed E-state index contributed by atoms with van der Waals surface area (Å²) < 4.78 is 0. The van der Waals surface area contributed by atoms with E-state index in [1.165, 1.54) is 5.56 Å². The van der Waals surface area contributed by atoms with Gasteiger partial charge in [0, 0.05) is 12.1 Å². The Bertz CT molecular complexity index is 539. The van der Waals surface area contributed by atoms with Gasteiger partial charge < -0.3 is 5.32 Å². The zero-order valence-electron chi connectivity index (χ0n) is 9.91. The molecule has 2 aromatic rings. The maximum absolute atomic E-state index is 12.0. The van der Waals surface area contributed by atoms with Crippen LogP contribution in [-0.4, -0.2) is 10.9 Å². The number of hydrogen-bond donors (Lipinski definition) is 1. The highest BCUT2D eigenvalue weighted by Gasteiger charge is 2.43. The van der Waals surface area contributed by atoms with Crippen molar-refractivity contribution < 1.29 is 4.79 Å². The smallest absolute Gasteiger partial charge is 0.228 e. The van der Waals surface area contributed by atoms with Gasteiger partial charge >= 0.3 is 0 Å². The maximum Gasteiger partial charge on any atom is 0.228 e. The first-order valence-corrected chi connectivity index (χ1v) is 6.10. The van der Waals surface area contributed by atoms with Crippen molar-refractivity contribution in [2.75, 3.05) is 5.32 Å². The number of amides is 1. The van der Waals surface area contributed by atoms with Gasteiger partial charge in [0.15, 0.2) is 0 Å². The van der Waals surface area contributed by atoms with E-state index in [9.17, 15) is 4.79 Å². The summed E-state index contributed by atoms with van der Waals surface area (Å²) in [5.74, 6) is 0.576. The summed E-state index contributed by atoms with van der Waals surface area (Å²) in [5.41, 5.74) is 2.02. The van der Waals surface area contributed by atoms with E-state index in [1.807, 2.05) is 30.3 Å². The van der Waals surface area contributed by atoms with E-state index >= 15 is 0 Å². The third kappa shape index (κ3) is 2.25. The number of anilines is 1. The highest BCUT2D eigenvalue weighted by molar-refractivity contribution is 5.95. The van der Waals surface area contributed by atoms with Crippen LogP contribution in [0.15, 0.2) is 54.9 Å². The molecule has 0 spiro atoms. The summed E-state index contributed by atoms with van der Waals surface area (Å²) >= 11 is 0. The number of carbonyl (C=O) groups is 1. The topological polar surface area (TPSA) is 42.0 Å². The van der Waals surface area contributed by atoms with Crippen LogP contribution >= 0.6 is 0 Å². The molecule has 18 heavy (non-hydrogen) atoms. The minimum Gasteiger partial charge on any atom is -0.324 e. The second-order valence-corrected chi connectivity index (χ2v) is 4.59. The fourth-order valence-corrected chi connectivity index (χ4v) is 2.23. The molecule has 0 bridgehead atoms. The van der Waals surface area contributed by atoms with Gasteiger partial charge in [0.05, 0.1) is 11.9 Å². The van der Waals surface area contributed by atoms with Crippen LogP contribution in [0.1, 0.15) is 17.9 Å². The van der Waals surface area contributed by atoms with E-state index < -0.39 is 0 Å². The Morgan fingerprint density at radius 3 is 2.72 bits per heavy atom. The molecule has 1 aliphatic carbocycles. The molecule has 0 radical (unpaired) electrons. The SMILES string of the molecule is O=C(Nc1cccnc1)[C@@H]1C[C@H]1c1ccccc1. The van der Waals surface area contributed by atoms with Crippen molar-refractivity contribution in [2.45, 2.75) is 12.3 Å². The van der Waals surface area contributed by atoms with Crippen molar-refractivity contribution in [3.8, 4) is 0 Å². The number of pyridine rings is 1. The molecule has 0 unspecified atom stereocenters. The minimum absolute atomic E-state index is 0.0943. The van der Waals surface area contributed by atoms with Crippen LogP contribution < -0.4 is 5.32 Å². The molecular formula is C15H14N2O. The average Bonchev–Trinajstić information content (AvgIpc) is 3.21. The van der Waals surface area contributed by atoms with E-state index in [0.717, 1.165) is 12.1 Å². The van der Waals surface area contributed by atoms with E-state index in [1.54, 1.807) is 12.4 Å². The Hall–Kier alpha value is -2.16. The lowest BCUT2D eigenvalue weighted by Crippen LogP contribution is -2.14. The Morgan fingerprint density at radius 2 is 2.00 bits per heavy atom. The van der Waals surface area contributed by atoms with Crippen molar-refractivity contribution >= 4 is 11.6 Å². The van der Waals surface area contributed by atoms with E-state index in [2.05, 4.69) is 22.4 Å². The van der Waals surface area contributed by atoms with Gasteiger partial charge in [-0.3, -0.25) is 9.78 Å². The van der Waals surface area contributed by atoms with E-state index in [-0.39, 0.29) is 11.8 Å². The largest absolute Gasteiger partial charge is 0.324 e. The molecule has 1 fully saturated rings. The first-order chi connectivity index (χ1) is 8.84. The van der Waals surface area contributed by atoms with E-state index in [0.29, 0.717) is 5.92 Å². The molecule has 1 N–H and O–H groups in total. The molecule has 3 nitrogen and oxygen atoms in total. The van der Waals surface area contributed by atoms with Gasteiger partial charge in [0.2, 0.25) is 5.91 Å². The van der Waals surface area contributed by atoms with Gasteiger partial charge in [0.1, 0.15) is 0 Å². The second-order valence-electron chi connectivity index (χ2n) is 4.59. The molecule has 0 saturated heterocycles. The number of aromatic nitrogens is 1. The molecule has 3 rings (SSSR count). The average molecular weight is 238 g/mol. The van der Waals surface area contributed by atoms with Crippen molar-refractivity contribution in [2.24, 2.45) is 5.92 Å². The Kier molecular flexibility index (Phi) is 2.81. The second kappa shape index (κ2) is 4.61. The molecule has 0 aliphatic heterocycles. The van der Waals surface area contributed by atoms with Crippen LogP contribution in [0.2, 0.25) is 0 Å². The van der Waals surface area contributed by atoms with Gasteiger partial charge in [-0.25, -0.2) is 0 Å². The molecule has 1 heterocycles. The summed E-state index contributed by atoms with van der Waals surface area (Å²) in [6.45, 7) is 0. The standard InChI is InChI=1S/C15H14N2O/c18-15(17-12-7-4-8-16-10-12)14-9-13(14)11-5-2-1-3-6-11/h1-8,10,13-14H,9H2,(H,17,18)/t13-,14+/m0/s1. The Labute approximate surface area is 106 Å². The van der Waals surface area contributed by atoms with Gasteiger partial charge in [0.25, 0.3) is 0 Å². The number of carbonyl (C=O) groups excluding carboxylic acids is 1. The molecular weight excluding hydrogens is 224 g/mol. The predicted octanol–water partition coefficient (Wildman–Crippen LogP) is 2.82. The van der Waals surface area contributed by atoms with Crippen molar-refractivity contribution in [1.82, 2.24) is 4.98 Å². The van der Waals surface area contributed by atoms with Crippen molar-refractivity contribution in [3.05, 3.63) is 60.4 Å². The fraction of sp³-hybridized carbons (Fsp3) is 0.200. The zero-order valence-corrected chi connectivity index (χ0v) is 9.91. The number of nitrogens with zero attached hydrogens (tertiary/aromatic N) is 1. The normalized spacial score (nSPS) is 21.3. The van der Waals surface area contributed by atoms with E-state index in [4.69, 9.17) is 0 Å². The highest BCUT2D eigenvalue weighted by Crippen LogP contribution is 2.47. The molecule has 1 aliphatic rings. The molecule has 1 aromatic heterocycles. The lowest BCUT2D eigenvalue weighted by atomic mass is 10.1. The zero-order chi connectivity index (χ0) is 12.4. The van der Waals surface area contributed by atoms with Crippen LogP contribution in [0, 0.1) is 5.92 Å². The third-order valence-electron chi connectivity index (χ3n) is 3.28. The number of nitrogens with one attached hydrogen (secondary N) is 1. The molecule has 90 valence electrons. The van der Waals surface area contributed by atoms with Gasteiger partial charge in [-0.15, -0.1) is 0 Å². The Balaban J connectivity index is 1.63. The van der Waals surface area contributed by atoms with Gasteiger partial charge in [-0.05, 0) is 30.0 Å². The first-order valence-electron chi connectivity index (χ1n) is 6.10. The number of benzene rings is 1. The molecule has 1 saturated carbocycles. The lowest BCUT2D eigenvalue weighted by molar-refractivity contribution is -0.117. The number of rotatable bonds is 3. The third-order valence-corrected chi connectivity index (χ3v) is 3.28. The van der Waals surface area contributed by atoms with Crippen LogP contribution in [-0.2, 0) is 4.79 Å². The first kappa shape index (κ1) is 11.0. The van der Waals surface area contributed by atoms with Gasteiger partial charge in [-0.2, -0.15) is 0 Å². The van der Waals surface area contributed by atoms with Crippen LogP contribution in [0.3, 0.4) is 0 Å². The molecule has 1 aromatic carbocycles. The van der Waals surface area contributed by atoms with Crippen molar-refractivity contribution in [1.29, 1.82) is 0 Å². The molecule has 1 amide bonds. The molecule has 3 heteroatoms. The van der Waals surface area contributed by atoms with Crippen LogP contribution in [0.25, 0.3) is 0 Å². The summed E-state index contributed by atoms with van der Waals surface area (Å²) in [6.07, 6.45) is 4.30. The summed E-state index contributed by atoms with van der Waals surface area (Å²) in [7, 11) is 0.